The third-order valence-electron chi connectivity index (χ3n) is 4.04. The molecule has 0 heterocycles. The SMILES string of the molecule is C=C(C)CCCc1ccc(NCCCCC)cc1C(F)F.CC.CC.CC(C)=O.CCCC.CCN. The number of allylic oxidation sites excluding steroid dienone is 1. The summed E-state index contributed by atoms with van der Waals surface area (Å²) < 4.78 is 26.4. The number of alkyl halides is 2. The van der Waals surface area contributed by atoms with Crippen molar-refractivity contribution in [2.75, 3.05) is 18.4 Å². The van der Waals surface area contributed by atoms with Crippen LogP contribution in [0.25, 0.3) is 0 Å². The van der Waals surface area contributed by atoms with Gasteiger partial charge in [0.15, 0.2) is 0 Å². The minimum Gasteiger partial charge on any atom is -0.385 e. The van der Waals surface area contributed by atoms with Gasteiger partial charge in [-0.05, 0) is 70.7 Å². The number of nitrogens with one attached hydrogen (secondary N) is 1. The molecule has 3 nitrogen and oxygen atoms in total. The molecule has 1 aromatic carbocycles. The van der Waals surface area contributed by atoms with Gasteiger partial charge in [-0.1, -0.05) is 92.7 Å². The molecule has 3 N–H and O–H groups in total. The molecule has 1 rings (SSSR count). The normalized spacial score (nSPS) is 8.75. The molecule has 0 saturated heterocycles. The minimum absolute atomic E-state index is 0.164. The number of halogens is 2. The number of aryl methyl sites for hydroxylation is 1. The minimum atomic E-state index is -2.41. The number of hydrogen-bond acceptors (Lipinski definition) is 3. The van der Waals surface area contributed by atoms with E-state index in [4.69, 9.17) is 5.73 Å². The van der Waals surface area contributed by atoms with Gasteiger partial charge in [-0.25, -0.2) is 8.78 Å². The predicted molar refractivity (Wildman–Crippen MR) is 162 cm³/mol. The van der Waals surface area contributed by atoms with E-state index in [-0.39, 0.29) is 11.3 Å². The Morgan fingerprint density at radius 1 is 0.917 bits per heavy atom. The number of carbonyl (C=O) groups excluding carboxylic acids is 1. The van der Waals surface area contributed by atoms with E-state index in [2.05, 4.69) is 32.7 Å². The maximum absolute atomic E-state index is 13.2. The first-order valence-electron chi connectivity index (χ1n) is 14.1. The quantitative estimate of drug-likeness (QED) is 0.227. The van der Waals surface area contributed by atoms with Gasteiger partial charge in [-0.15, -0.1) is 6.58 Å². The van der Waals surface area contributed by atoms with Crippen LogP contribution in [0.1, 0.15) is 139 Å². The van der Waals surface area contributed by atoms with Crippen molar-refractivity contribution in [3.05, 3.63) is 41.5 Å². The van der Waals surface area contributed by atoms with Gasteiger partial charge in [-0.2, -0.15) is 0 Å². The maximum Gasteiger partial charge on any atom is 0.264 e. The largest absolute Gasteiger partial charge is 0.385 e. The lowest BCUT2D eigenvalue weighted by Crippen LogP contribution is -2.03. The number of anilines is 1. The Hall–Kier alpha value is -1.75. The Bertz CT molecular complexity index is 570. The lowest BCUT2D eigenvalue weighted by Gasteiger charge is -2.13. The molecule has 5 heteroatoms. The predicted octanol–water partition coefficient (Wildman–Crippen LogP) is 10.5. The van der Waals surface area contributed by atoms with E-state index in [0.29, 0.717) is 6.42 Å². The van der Waals surface area contributed by atoms with Gasteiger partial charge in [0.05, 0.1) is 0 Å². The molecule has 0 aliphatic rings. The standard InChI is InChI=1S/C18H27F2N.C4H10.C3H6O.C2H7N.2C2H6/c1-4-5-6-12-21-16-11-10-15(9-7-8-14(2)3)17(13-16)18(19)20;1-3-4-2;1-3(2)4;1-2-3;2*1-2/h10-11,13,18,21H,2,4-9,12H2,1,3H3;3-4H2,1-2H3;1-2H3;2-3H2,1H3;2*1-2H3. The number of Topliss-reactive ketones (excluding diaryl/α,β-unsaturated/α-hetero) is 1. The summed E-state index contributed by atoms with van der Waals surface area (Å²) in [5.41, 5.74) is 7.66. The van der Waals surface area contributed by atoms with Crippen molar-refractivity contribution in [1.82, 2.24) is 0 Å². The summed E-state index contributed by atoms with van der Waals surface area (Å²) in [7, 11) is 0. The summed E-state index contributed by atoms with van der Waals surface area (Å²) in [6, 6.07) is 5.35. The first-order chi connectivity index (χ1) is 17.1. The second kappa shape index (κ2) is 37.8. The van der Waals surface area contributed by atoms with E-state index in [0.717, 1.165) is 62.0 Å². The average Bonchev–Trinajstić information content (AvgIpc) is 2.85. The van der Waals surface area contributed by atoms with Gasteiger partial charge in [0.25, 0.3) is 6.43 Å². The highest BCUT2D eigenvalue weighted by molar-refractivity contribution is 5.72. The van der Waals surface area contributed by atoms with Crippen molar-refractivity contribution in [3.63, 3.8) is 0 Å². The first-order valence-corrected chi connectivity index (χ1v) is 14.1. The highest BCUT2D eigenvalue weighted by atomic mass is 19.3. The molecule has 0 aliphatic heterocycles. The summed E-state index contributed by atoms with van der Waals surface area (Å²) >= 11 is 0. The van der Waals surface area contributed by atoms with Crippen molar-refractivity contribution in [2.24, 2.45) is 5.73 Å². The lowest BCUT2D eigenvalue weighted by molar-refractivity contribution is -0.115. The third kappa shape index (κ3) is 39.5. The zero-order valence-electron chi connectivity index (χ0n) is 25.8. The number of unbranched alkanes of at least 4 members (excludes halogenated alkanes) is 3. The summed E-state index contributed by atoms with van der Waals surface area (Å²) in [6.07, 6.45) is 6.06. The molecule has 216 valence electrons. The van der Waals surface area contributed by atoms with E-state index in [9.17, 15) is 13.6 Å². The maximum atomic E-state index is 13.2. The molecular formula is C31H62F2N2O. The van der Waals surface area contributed by atoms with E-state index in [1.807, 2.05) is 53.7 Å². The van der Waals surface area contributed by atoms with Crippen LogP contribution in [0.2, 0.25) is 0 Å². The topological polar surface area (TPSA) is 55.1 Å². The molecule has 0 spiro atoms. The van der Waals surface area contributed by atoms with E-state index >= 15 is 0 Å². The number of nitrogens with two attached hydrogens (primary N) is 1. The van der Waals surface area contributed by atoms with Crippen molar-refractivity contribution in [3.8, 4) is 0 Å². The molecule has 0 unspecified atom stereocenters. The van der Waals surface area contributed by atoms with Crippen LogP contribution in [0.5, 0.6) is 0 Å². The van der Waals surface area contributed by atoms with Crippen LogP contribution >= 0.6 is 0 Å². The summed E-state index contributed by atoms with van der Waals surface area (Å²) in [5, 5.41) is 3.23. The Morgan fingerprint density at radius 2 is 1.39 bits per heavy atom. The monoisotopic (exact) mass is 516 g/mol. The zero-order valence-corrected chi connectivity index (χ0v) is 25.8. The smallest absolute Gasteiger partial charge is 0.264 e. The van der Waals surface area contributed by atoms with Gasteiger partial charge in [0, 0.05) is 17.8 Å². The summed E-state index contributed by atoms with van der Waals surface area (Å²) in [5.74, 6) is 0.167. The Kier molecular flexibility index (Phi) is 46.5. The molecular weight excluding hydrogens is 454 g/mol. The number of benzene rings is 1. The molecule has 0 aliphatic carbocycles. The van der Waals surface area contributed by atoms with E-state index in [1.54, 1.807) is 6.07 Å². The molecule has 0 amide bonds. The fourth-order valence-electron chi connectivity index (χ4n) is 2.32. The van der Waals surface area contributed by atoms with Crippen LogP contribution in [-0.2, 0) is 11.2 Å². The van der Waals surface area contributed by atoms with Crippen molar-refractivity contribution in [2.45, 2.75) is 134 Å². The Morgan fingerprint density at radius 3 is 1.75 bits per heavy atom. The molecule has 0 atom stereocenters. The number of hydrogen-bond donors (Lipinski definition) is 2. The molecule has 0 radical (unpaired) electrons. The highest BCUT2D eigenvalue weighted by Gasteiger charge is 2.13. The van der Waals surface area contributed by atoms with E-state index < -0.39 is 6.43 Å². The first kappa shape index (κ1) is 44.3. The van der Waals surface area contributed by atoms with Gasteiger partial charge in [-0.3, -0.25) is 0 Å². The summed E-state index contributed by atoms with van der Waals surface area (Å²) in [4.78, 5) is 9.44. The molecule has 0 saturated carbocycles. The third-order valence-corrected chi connectivity index (χ3v) is 4.04. The molecule has 36 heavy (non-hydrogen) atoms. The number of rotatable bonds is 11. The van der Waals surface area contributed by atoms with Crippen LogP contribution in [0.3, 0.4) is 0 Å². The zero-order chi connectivity index (χ0) is 29.4. The second-order valence-electron chi connectivity index (χ2n) is 7.98. The van der Waals surface area contributed by atoms with Crippen molar-refractivity contribution in [1.29, 1.82) is 0 Å². The Labute approximate surface area is 224 Å². The van der Waals surface area contributed by atoms with Gasteiger partial charge in [0.2, 0.25) is 0 Å². The second-order valence-corrected chi connectivity index (χ2v) is 7.98. The van der Waals surface area contributed by atoms with Crippen LogP contribution in [0, 0.1) is 0 Å². The van der Waals surface area contributed by atoms with Crippen LogP contribution in [0.15, 0.2) is 30.4 Å². The van der Waals surface area contributed by atoms with Gasteiger partial charge < -0.3 is 15.8 Å². The lowest BCUT2D eigenvalue weighted by atomic mass is 10.00. The number of ketones is 1. The molecule has 0 bridgehead atoms. The van der Waals surface area contributed by atoms with Crippen LogP contribution in [0.4, 0.5) is 14.5 Å². The average molecular weight is 517 g/mol. The van der Waals surface area contributed by atoms with Gasteiger partial charge in [0.1, 0.15) is 5.78 Å². The van der Waals surface area contributed by atoms with Crippen molar-refractivity contribution < 1.29 is 13.6 Å². The Balaban J connectivity index is -0.000000176. The van der Waals surface area contributed by atoms with Crippen LogP contribution in [-0.4, -0.2) is 18.9 Å². The number of carbonyl (C=O) groups is 1. The molecule has 0 aromatic heterocycles. The van der Waals surface area contributed by atoms with Crippen LogP contribution < -0.4 is 11.1 Å². The summed E-state index contributed by atoms with van der Waals surface area (Å²) in [6.45, 7) is 26.9. The fourth-order valence-corrected chi connectivity index (χ4v) is 2.32. The molecule has 1 aromatic rings. The van der Waals surface area contributed by atoms with E-state index in [1.165, 1.54) is 26.7 Å². The van der Waals surface area contributed by atoms with Gasteiger partial charge >= 0.3 is 0 Å². The highest BCUT2D eigenvalue weighted by Crippen LogP contribution is 2.27. The van der Waals surface area contributed by atoms with Crippen molar-refractivity contribution >= 4 is 11.5 Å². The molecule has 0 fully saturated rings. The fraction of sp³-hybridized carbons (Fsp3) is 0.710.